The third kappa shape index (κ3) is 3.79. The van der Waals surface area contributed by atoms with Crippen molar-refractivity contribution in [1.29, 1.82) is 0 Å². The Labute approximate surface area is 156 Å². The van der Waals surface area contributed by atoms with Crippen molar-refractivity contribution >= 4 is 17.5 Å². The second-order valence-corrected chi connectivity index (χ2v) is 6.57. The monoisotopic (exact) mass is 365 g/mol. The number of carbonyl (C=O) groups is 2. The molecule has 1 saturated heterocycles. The van der Waals surface area contributed by atoms with Crippen molar-refractivity contribution in [2.24, 2.45) is 11.1 Å². The van der Waals surface area contributed by atoms with Crippen LogP contribution < -0.4 is 5.32 Å². The van der Waals surface area contributed by atoms with Crippen molar-refractivity contribution in [3.05, 3.63) is 60.2 Å². The molecule has 0 bridgehead atoms. The van der Waals surface area contributed by atoms with E-state index in [4.69, 9.17) is 4.84 Å². The van der Waals surface area contributed by atoms with Crippen LogP contribution in [0.4, 0.5) is 0 Å². The maximum absolute atomic E-state index is 12.5. The Morgan fingerprint density at radius 2 is 2.11 bits per heavy atom. The van der Waals surface area contributed by atoms with Gasteiger partial charge in [-0.15, -0.1) is 0 Å². The van der Waals surface area contributed by atoms with Gasteiger partial charge in [-0.25, -0.2) is 0 Å². The van der Waals surface area contributed by atoms with Crippen LogP contribution in [-0.2, 0) is 27.4 Å². The summed E-state index contributed by atoms with van der Waals surface area (Å²) in [4.78, 5) is 40.3. The number of oxime groups is 1. The van der Waals surface area contributed by atoms with Gasteiger partial charge < -0.3 is 15.1 Å². The van der Waals surface area contributed by atoms with Crippen molar-refractivity contribution in [1.82, 2.24) is 20.2 Å². The van der Waals surface area contributed by atoms with E-state index in [1.807, 2.05) is 30.3 Å². The number of rotatable bonds is 5. The van der Waals surface area contributed by atoms with E-state index in [2.05, 4.69) is 20.4 Å². The fourth-order valence-electron chi connectivity index (χ4n) is 3.29. The minimum atomic E-state index is -0.273. The molecular weight excluding hydrogens is 346 g/mol. The average molecular weight is 365 g/mol. The summed E-state index contributed by atoms with van der Waals surface area (Å²) in [6.45, 7) is 1.22. The third-order valence-electron chi connectivity index (χ3n) is 4.72. The summed E-state index contributed by atoms with van der Waals surface area (Å²) in [6, 6.07) is 9.19. The Hall–Kier alpha value is -3.29. The van der Waals surface area contributed by atoms with Crippen molar-refractivity contribution in [3.63, 3.8) is 0 Å². The molecule has 1 N–H and O–H groups in total. The lowest BCUT2D eigenvalue weighted by atomic mass is 10.0. The average Bonchev–Trinajstić information content (AvgIpc) is 3.28. The SMILES string of the molecule is O=C(NCc1cccnc1)C1=NO[C@@H]2CN(C(=O)Cc3ccccn3)C[C@H]12. The number of nitrogens with one attached hydrogen (secondary N) is 1. The molecule has 2 aromatic heterocycles. The van der Waals surface area contributed by atoms with Gasteiger partial charge in [-0.1, -0.05) is 17.3 Å². The van der Waals surface area contributed by atoms with Crippen molar-refractivity contribution in [2.75, 3.05) is 13.1 Å². The lowest BCUT2D eigenvalue weighted by Gasteiger charge is -2.16. The summed E-state index contributed by atoms with van der Waals surface area (Å²) in [6.07, 6.45) is 5.02. The fraction of sp³-hybridized carbons (Fsp3) is 0.316. The van der Waals surface area contributed by atoms with E-state index in [1.54, 1.807) is 23.5 Å². The number of likely N-dealkylation sites (tertiary alicyclic amines) is 1. The highest BCUT2D eigenvalue weighted by Crippen LogP contribution is 2.27. The molecule has 0 aliphatic carbocycles. The molecule has 2 aromatic rings. The van der Waals surface area contributed by atoms with E-state index < -0.39 is 0 Å². The van der Waals surface area contributed by atoms with Crippen molar-refractivity contribution in [3.8, 4) is 0 Å². The minimum absolute atomic E-state index is 0.0261. The van der Waals surface area contributed by atoms with Crippen LogP contribution in [0.2, 0.25) is 0 Å². The molecule has 8 heteroatoms. The first-order valence-electron chi connectivity index (χ1n) is 8.79. The van der Waals surface area contributed by atoms with E-state index in [9.17, 15) is 9.59 Å². The highest BCUT2D eigenvalue weighted by atomic mass is 16.6. The van der Waals surface area contributed by atoms with Crippen LogP contribution in [0.3, 0.4) is 0 Å². The standard InChI is InChI=1S/C19H19N5O3/c25-17(8-14-5-1-2-7-21-14)24-11-15-16(12-24)27-23-18(15)19(26)22-10-13-4-3-6-20-9-13/h1-7,9,15-16H,8,10-12H2,(H,22,26)/t15-,16+/m0/s1. The van der Waals surface area contributed by atoms with Crippen molar-refractivity contribution in [2.45, 2.75) is 19.1 Å². The maximum atomic E-state index is 12.5. The number of carbonyl (C=O) groups excluding carboxylic acids is 2. The summed E-state index contributed by atoms with van der Waals surface area (Å²) in [7, 11) is 0. The molecule has 8 nitrogen and oxygen atoms in total. The molecule has 0 saturated carbocycles. The summed E-state index contributed by atoms with van der Waals surface area (Å²) >= 11 is 0. The molecule has 4 rings (SSSR count). The molecule has 138 valence electrons. The molecule has 0 unspecified atom stereocenters. The number of amides is 2. The first kappa shape index (κ1) is 17.1. The van der Waals surface area contributed by atoms with Crippen LogP contribution in [0.1, 0.15) is 11.3 Å². The molecule has 27 heavy (non-hydrogen) atoms. The van der Waals surface area contributed by atoms with Gasteiger partial charge in [-0.2, -0.15) is 0 Å². The molecule has 2 aliphatic heterocycles. The van der Waals surface area contributed by atoms with Crippen LogP contribution >= 0.6 is 0 Å². The smallest absolute Gasteiger partial charge is 0.269 e. The number of fused-ring (bicyclic) bond motifs is 1. The molecule has 0 radical (unpaired) electrons. The van der Waals surface area contributed by atoms with Crippen LogP contribution in [-0.4, -0.2) is 51.6 Å². The van der Waals surface area contributed by atoms with E-state index in [-0.39, 0.29) is 30.3 Å². The van der Waals surface area contributed by atoms with Gasteiger partial charge in [0.1, 0.15) is 0 Å². The maximum Gasteiger partial charge on any atom is 0.269 e. The van der Waals surface area contributed by atoms with Gasteiger partial charge in [0.05, 0.1) is 18.9 Å². The van der Waals surface area contributed by atoms with Gasteiger partial charge in [0.2, 0.25) is 5.91 Å². The quantitative estimate of drug-likeness (QED) is 0.835. The predicted octanol–water partition coefficient (Wildman–Crippen LogP) is 0.549. The summed E-state index contributed by atoms with van der Waals surface area (Å²) in [5.74, 6) is -0.501. The van der Waals surface area contributed by atoms with E-state index in [0.29, 0.717) is 25.3 Å². The highest BCUT2D eigenvalue weighted by Gasteiger charge is 2.46. The zero-order chi connectivity index (χ0) is 18.6. The number of pyridine rings is 2. The van der Waals surface area contributed by atoms with Crippen LogP contribution in [0.25, 0.3) is 0 Å². The topological polar surface area (TPSA) is 96.8 Å². The van der Waals surface area contributed by atoms with E-state index >= 15 is 0 Å². The molecule has 4 heterocycles. The van der Waals surface area contributed by atoms with Crippen LogP contribution in [0.5, 0.6) is 0 Å². The zero-order valence-corrected chi connectivity index (χ0v) is 14.6. The van der Waals surface area contributed by atoms with Gasteiger partial charge in [-0.05, 0) is 23.8 Å². The van der Waals surface area contributed by atoms with Gasteiger partial charge in [0.25, 0.3) is 5.91 Å². The van der Waals surface area contributed by atoms with E-state index in [0.717, 1.165) is 11.3 Å². The summed E-state index contributed by atoms with van der Waals surface area (Å²) < 4.78 is 0. The van der Waals surface area contributed by atoms with Crippen LogP contribution in [0.15, 0.2) is 54.1 Å². The van der Waals surface area contributed by atoms with Gasteiger partial charge in [-0.3, -0.25) is 19.6 Å². The third-order valence-corrected chi connectivity index (χ3v) is 4.72. The Balaban J connectivity index is 1.34. The number of nitrogens with zero attached hydrogens (tertiary/aromatic N) is 4. The molecule has 0 spiro atoms. The molecule has 0 aromatic carbocycles. The van der Waals surface area contributed by atoms with E-state index in [1.165, 1.54) is 0 Å². The second-order valence-electron chi connectivity index (χ2n) is 6.57. The Morgan fingerprint density at radius 3 is 2.89 bits per heavy atom. The molecule has 2 atom stereocenters. The van der Waals surface area contributed by atoms with Gasteiger partial charge in [0, 0.05) is 37.4 Å². The zero-order valence-electron chi connectivity index (χ0n) is 14.6. The lowest BCUT2D eigenvalue weighted by molar-refractivity contribution is -0.130. The summed E-state index contributed by atoms with van der Waals surface area (Å²) in [5, 5.41) is 6.78. The number of hydrogen-bond donors (Lipinski definition) is 1. The predicted molar refractivity (Wildman–Crippen MR) is 96.4 cm³/mol. The minimum Gasteiger partial charge on any atom is -0.389 e. The van der Waals surface area contributed by atoms with Gasteiger partial charge in [0.15, 0.2) is 11.8 Å². The van der Waals surface area contributed by atoms with Crippen LogP contribution in [0, 0.1) is 5.92 Å². The normalized spacial score (nSPS) is 20.6. The lowest BCUT2D eigenvalue weighted by Crippen LogP contribution is -2.37. The molecule has 2 amide bonds. The Kier molecular flexibility index (Phi) is 4.78. The second kappa shape index (κ2) is 7.53. The number of hydrogen-bond acceptors (Lipinski definition) is 6. The molecular formula is C19H19N5O3. The molecule has 1 fully saturated rings. The molecule has 2 aliphatic rings. The fourth-order valence-corrected chi connectivity index (χ4v) is 3.29. The largest absolute Gasteiger partial charge is 0.389 e. The highest BCUT2D eigenvalue weighted by molar-refractivity contribution is 6.40. The summed E-state index contributed by atoms with van der Waals surface area (Å²) in [5.41, 5.74) is 1.97. The number of aromatic nitrogens is 2. The Morgan fingerprint density at radius 1 is 1.19 bits per heavy atom. The van der Waals surface area contributed by atoms with Crippen molar-refractivity contribution < 1.29 is 14.4 Å². The first-order chi connectivity index (χ1) is 13.2. The Bertz CT molecular complexity index is 856. The van der Waals surface area contributed by atoms with Gasteiger partial charge >= 0.3 is 0 Å². The first-order valence-corrected chi connectivity index (χ1v) is 8.79.